The highest BCUT2D eigenvalue weighted by Gasteiger charge is 2.14. The van der Waals surface area contributed by atoms with Gasteiger partial charge in [0.05, 0.1) is 6.61 Å². The van der Waals surface area contributed by atoms with Crippen LogP contribution < -0.4 is 4.74 Å². The normalized spacial score (nSPS) is 10.5. The highest BCUT2D eigenvalue weighted by atomic mass is 16.5. The molecule has 0 saturated heterocycles. The number of benzene rings is 2. The topological polar surface area (TPSA) is 26.3 Å². The number of ketones is 1. The molecule has 2 rings (SSSR count). The quantitative estimate of drug-likeness (QED) is 0.747. The predicted octanol–water partition coefficient (Wildman–Crippen LogP) is 4.63. The summed E-state index contributed by atoms with van der Waals surface area (Å²) >= 11 is 0. The fraction of sp³-hybridized carbons (Fsp3) is 0.316. The molecule has 0 aromatic heterocycles. The molecule has 0 aliphatic heterocycles. The van der Waals surface area contributed by atoms with Gasteiger partial charge in [0.25, 0.3) is 0 Å². The van der Waals surface area contributed by atoms with Crippen LogP contribution in [0.3, 0.4) is 0 Å². The van der Waals surface area contributed by atoms with E-state index >= 15 is 0 Å². The second kappa shape index (κ2) is 6.57. The van der Waals surface area contributed by atoms with Crippen LogP contribution in [0.1, 0.15) is 46.0 Å². The van der Waals surface area contributed by atoms with Crippen LogP contribution in [0.4, 0.5) is 0 Å². The highest BCUT2D eigenvalue weighted by Crippen LogP contribution is 2.21. The van der Waals surface area contributed by atoms with E-state index in [0.717, 1.165) is 28.9 Å². The Morgan fingerprint density at radius 3 is 2.10 bits per heavy atom. The van der Waals surface area contributed by atoms with Crippen LogP contribution in [0.2, 0.25) is 0 Å². The molecule has 2 nitrogen and oxygen atoms in total. The molecule has 0 spiro atoms. The lowest BCUT2D eigenvalue weighted by Crippen LogP contribution is -2.07. The third kappa shape index (κ3) is 3.52. The second-order valence-electron chi connectivity index (χ2n) is 5.48. The van der Waals surface area contributed by atoms with Crippen molar-refractivity contribution in [1.82, 2.24) is 0 Å². The van der Waals surface area contributed by atoms with Gasteiger partial charge in [-0.2, -0.15) is 0 Å². The number of aryl methyl sites for hydroxylation is 3. The van der Waals surface area contributed by atoms with Crippen molar-refractivity contribution in [3.05, 3.63) is 64.2 Å². The summed E-state index contributed by atoms with van der Waals surface area (Å²) in [5.74, 6) is 0.887. The van der Waals surface area contributed by atoms with Crippen molar-refractivity contribution >= 4 is 5.78 Å². The Labute approximate surface area is 126 Å². The predicted molar refractivity (Wildman–Crippen MR) is 86.3 cm³/mol. The van der Waals surface area contributed by atoms with Crippen molar-refractivity contribution in [2.75, 3.05) is 6.61 Å². The largest absolute Gasteiger partial charge is 0.494 e. The number of hydrogen-bond acceptors (Lipinski definition) is 2. The summed E-state index contributed by atoms with van der Waals surface area (Å²) in [5, 5.41) is 0. The van der Waals surface area contributed by atoms with Gasteiger partial charge in [0.2, 0.25) is 0 Å². The van der Waals surface area contributed by atoms with Gasteiger partial charge < -0.3 is 4.74 Å². The van der Waals surface area contributed by atoms with Crippen LogP contribution in [0.5, 0.6) is 5.75 Å². The van der Waals surface area contributed by atoms with Crippen LogP contribution in [0, 0.1) is 20.8 Å². The Morgan fingerprint density at radius 1 is 1.00 bits per heavy atom. The lowest BCUT2D eigenvalue weighted by Gasteiger charge is -2.11. The molecular weight excluding hydrogens is 260 g/mol. The van der Waals surface area contributed by atoms with Crippen molar-refractivity contribution in [3.63, 3.8) is 0 Å². The lowest BCUT2D eigenvalue weighted by molar-refractivity contribution is 0.103. The standard InChI is InChI=1S/C19H22O2/c1-5-10-21-17-8-6-16(7-9-17)19(20)18-14(3)11-13(2)12-15(18)4/h6-9,11-12H,5,10H2,1-4H3. The van der Waals surface area contributed by atoms with E-state index < -0.39 is 0 Å². The van der Waals surface area contributed by atoms with Crippen molar-refractivity contribution < 1.29 is 9.53 Å². The molecule has 0 aliphatic carbocycles. The molecule has 0 fully saturated rings. The zero-order chi connectivity index (χ0) is 15.4. The van der Waals surface area contributed by atoms with Crippen LogP contribution in [-0.2, 0) is 0 Å². The van der Waals surface area contributed by atoms with Gasteiger partial charge in [-0.25, -0.2) is 0 Å². The van der Waals surface area contributed by atoms with Gasteiger partial charge >= 0.3 is 0 Å². The first kappa shape index (κ1) is 15.3. The summed E-state index contributed by atoms with van der Waals surface area (Å²) in [6, 6.07) is 11.5. The summed E-state index contributed by atoms with van der Waals surface area (Å²) in [7, 11) is 0. The molecule has 0 atom stereocenters. The average molecular weight is 282 g/mol. The fourth-order valence-corrected chi connectivity index (χ4v) is 2.60. The third-order valence-corrected chi connectivity index (χ3v) is 3.49. The Hall–Kier alpha value is -2.09. The monoisotopic (exact) mass is 282 g/mol. The molecule has 2 heteroatoms. The summed E-state index contributed by atoms with van der Waals surface area (Å²) < 4.78 is 5.55. The minimum atomic E-state index is 0.0760. The van der Waals surface area contributed by atoms with Crippen molar-refractivity contribution in [1.29, 1.82) is 0 Å². The van der Waals surface area contributed by atoms with E-state index in [2.05, 4.69) is 19.1 Å². The molecule has 0 radical (unpaired) electrons. The Bertz CT molecular complexity index is 616. The van der Waals surface area contributed by atoms with E-state index in [1.807, 2.05) is 45.0 Å². The molecular formula is C19H22O2. The van der Waals surface area contributed by atoms with E-state index in [-0.39, 0.29) is 5.78 Å². The lowest BCUT2D eigenvalue weighted by atomic mass is 9.93. The molecule has 21 heavy (non-hydrogen) atoms. The van der Waals surface area contributed by atoms with Crippen molar-refractivity contribution in [2.24, 2.45) is 0 Å². The maximum Gasteiger partial charge on any atom is 0.193 e. The molecule has 0 bridgehead atoms. The average Bonchev–Trinajstić information content (AvgIpc) is 2.44. The Balaban J connectivity index is 2.28. The van der Waals surface area contributed by atoms with Gasteiger partial charge in [-0.15, -0.1) is 0 Å². The fourth-order valence-electron chi connectivity index (χ4n) is 2.60. The zero-order valence-corrected chi connectivity index (χ0v) is 13.2. The second-order valence-corrected chi connectivity index (χ2v) is 5.48. The van der Waals surface area contributed by atoms with Gasteiger partial charge in [0, 0.05) is 11.1 Å². The molecule has 0 N–H and O–H groups in total. The molecule has 0 amide bonds. The first-order valence-electron chi connectivity index (χ1n) is 7.38. The number of carbonyl (C=O) groups is 1. The van der Waals surface area contributed by atoms with Crippen molar-refractivity contribution in [3.8, 4) is 5.75 Å². The molecule has 0 saturated carbocycles. The summed E-state index contributed by atoms with van der Waals surface area (Å²) in [6.45, 7) is 8.80. The summed E-state index contributed by atoms with van der Waals surface area (Å²) in [4.78, 5) is 12.7. The first-order valence-corrected chi connectivity index (χ1v) is 7.38. The van der Waals surface area contributed by atoms with Crippen LogP contribution >= 0.6 is 0 Å². The van der Waals surface area contributed by atoms with E-state index in [1.54, 1.807) is 0 Å². The number of rotatable bonds is 5. The number of hydrogen-bond donors (Lipinski definition) is 0. The number of carbonyl (C=O) groups excluding carboxylic acids is 1. The molecule has 0 aliphatic rings. The van der Waals surface area contributed by atoms with Crippen LogP contribution in [-0.4, -0.2) is 12.4 Å². The Kier molecular flexibility index (Phi) is 4.79. The summed E-state index contributed by atoms with van der Waals surface area (Å²) in [6.07, 6.45) is 0.975. The van der Waals surface area contributed by atoms with E-state index in [9.17, 15) is 4.79 Å². The third-order valence-electron chi connectivity index (χ3n) is 3.49. The Morgan fingerprint density at radius 2 is 1.57 bits per heavy atom. The van der Waals surface area contributed by atoms with Gasteiger partial charge in [0.1, 0.15) is 5.75 Å². The van der Waals surface area contributed by atoms with E-state index in [1.165, 1.54) is 5.56 Å². The van der Waals surface area contributed by atoms with Gasteiger partial charge in [0.15, 0.2) is 5.78 Å². The molecule has 0 heterocycles. The van der Waals surface area contributed by atoms with Gasteiger partial charge in [-0.05, 0) is 62.6 Å². The van der Waals surface area contributed by atoms with Crippen LogP contribution in [0.15, 0.2) is 36.4 Å². The maximum atomic E-state index is 12.7. The number of ether oxygens (including phenoxy) is 1. The van der Waals surface area contributed by atoms with Crippen LogP contribution in [0.25, 0.3) is 0 Å². The SMILES string of the molecule is CCCOc1ccc(C(=O)c2c(C)cc(C)cc2C)cc1. The molecule has 2 aromatic carbocycles. The smallest absolute Gasteiger partial charge is 0.193 e. The van der Waals surface area contributed by atoms with Gasteiger partial charge in [-0.1, -0.05) is 24.6 Å². The van der Waals surface area contributed by atoms with E-state index in [4.69, 9.17) is 4.74 Å². The first-order chi connectivity index (χ1) is 10.0. The summed E-state index contributed by atoms with van der Waals surface area (Å²) in [5.41, 5.74) is 4.76. The zero-order valence-electron chi connectivity index (χ0n) is 13.2. The minimum absolute atomic E-state index is 0.0760. The minimum Gasteiger partial charge on any atom is -0.494 e. The molecule has 2 aromatic rings. The highest BCUT2D eigenvalue weighted by molar-refractivity contribution is 6.10. The maximum absolute atomic E-state index is 12.7. The van der Waals surface area contributed by atoms with Crippen molar-refractivity contribution in [2.45, 2.75) is 34.1 Å². The molecule has 0 unspecified atom stereocenters. The molecule has 110 valence electrons. The van der Waals surface area contributed by atoms with Gasteiger partial charge in [-0.3, -0.25) is 4.79 Å². The van der Waals surface area contributed by atoms with E-state index in [0.29, 0.717) is 12.2 Å².